The highest BCUT2D eigenvalue weighted by Crippen LogP contribution is 2.21. The van der Waals surface area contributed by atoms with Crippen LogP contribution < -0.4 is 4.72 Å². The number of carboxylic acids is 1. The molecule has 0 heterocycles. The number of sulfonamides is 1. The van der Waals surface area contributed by atoms with Gasteiger partial charge in [0, 0.05) is 13.2 Å². The fourth-order valence-electron chi connectivity index (χ4n) is 1.69. The van der Waals surface area contributed by atoms with Gasteiger partial charge in [-0.25, -0.2) is 17.9 Å². The maximum atomic E-state index is 12.0. The molecule has 4 N–H and O–H groups in total. The van der Waals surface area contributed by atoms with Crippen molar-refractivity contribution in [3.63, 3.8) is 0 Å². The average Bonchev–Trinajstić information content (AvgIpc) is 2.43. The third-order valence-electron chi connectivity index (χ3n) is 2.99. The van der Waals surface area contributed by atoms with Crippen molar-refractivity contribution in [1.82, 2.24) is 4.72 Å². The number of phenols is 1. The van der Waals surface area contributed by atoms with Gasteiger partial charge in [-0.1, -0.05) is 6.92 Å². The van der Waals surface area contributed by atoms with Crippen LogP contribution >= 0.6 is 0 Å². The summed E-state index contributed by atoms with van der Waals surface area (Å²) < 4.78 is 26.4. The number of hydrogen-bond acceptors (Lipinski definition) is 5. The highest BCUT2D eigenvalue weighted by atomic mass is 32.2. The van der Waals surface area contributed by atoms with Gasteiger partial charge < -0.3 is 15.3 Å². The zero-order valence-electron chi connectivity index (χ0n) is 11.6. The molecule has 0 amide bonds. The van der Waals surface area contributed by atoms with Crippen LogP contribution in [-0.4, -0.2) is 42.9 Å². The molecule has 1 aromatic carbocycles. The first-order chi connectivity index (χ1) is 9.77. The summed E-state index contributed by atoms with van der Waals surface area (Å²) in [6.45, 7) is 2.09. The maximum absolute atomic E-state index is 12.0. The number of hydrogen-bond donors (Lipinski definition) is 4. The van der Waals surface area contributed by atoms with Gasteiger partial charge in [-0.3, -0.25) is 0 Å². The zero-order chi connectivity index (χ0) is 16.0. The first kappa shape index (κ1) is 17.4. The standard InChI is InChI=1S/C13H19NO6S/c1-9(8-15)3-2-6-14-21(19,20)10-4-5-12(16)11(7-10)13(17)18/h4-5,7,9,14-16H,2-3,6,8H2,1H3,(H,17,18). The highest BCUT2D eigenvalue weighted by Gasteiger charge is 2.18. The molecule has 0 spiro atoms. The number of nitrogens with one attached hydrogen (secondary N) is 1. The first-order valence-electron chi connectivity index (χ1n) is 6.44. The largest absolute Gasteiger partial charge is 0.507 e. The van der Waals surface area contributed by atoms with Crippen LogP contribution in [-0.2, 0) is 10.0 Å². The van der Waals surface area contributed by atoms with Crippen LogP contribution in [0, 0.1) is 5.92 Å². The molecule has 0 radical (unpaired) electrons. The van der Waals surface area contributed by atoms with Crippen molar-refractivity contribution in [1.29, 1.82) is 0 Å². The molecule has 0 fully saturated rings. The van der Waals surface area contributed by atoms with Crippen LogP contribution in [0.25, 0.3) is 0 Å². The van der Waals surface area contributed by atoms with E-state index in [1.807, 2.05) is 6.92 Å². The Bertz CT molecular complexity index is 599. The molecule has 0 aliphatic carbocycles. The lowest BCUT2D eigenvalue weighted by atomic mass is 10.1. The second-order valence-corrected chi connectivity index (χ2v) is 6.58. The van der Waals surface area contributed by atoms with E-state index in [0.29, 0.717) is 12.8 Å². The molecular formula is C13H19NO6S. The lowest BCUT2D eigenvalue weighted by molar-refractivity contribution is 0.0693. The van der Waals surface area contributed by atoms with Gasteiger partial charge in [0.1, 0.15) is 11.3 Å². The third-order valence-corrected chi connectivity index (χ3v) is 4.44. The van der Waals surface area contributed by atoms with E-state index in [0.717, 1.165) is 18.2 Å². The number of aromatic hydroxyl groups is 1. The minimum Gasteiger partial charge on any atom is -0.507 e. The van der Waals surface area contributed by atoms with E-state index in [1.165, 1.54) is 0 Å². The van der Waals surface area contributed by atoms with Crippen LogP contribution in [0.2, 0.25) is 0 Å². The first-order valence-corrected chi connectivity index (χ1v) is 7.93. The molecule has 7 nitrogen and oxygen atoms in total. The number of aliphatic hydroxyl groups is 1. The Hall–Kier alpha value is -1.64. The minimum absolute atomic E-state index is 0.0483. The molecule has 1 aromatic rings. The quantitative estimate of drug-likeness (QED) is 0.525. The Balaban J connectivity index is 2.75. The number of carboxylic acid groups (broad SMARTS) is 1. The summed E-state index contributed by atoms with van der Waals surface area (Å²) in [4.78, 5) is 10.7. The van der Waals surface area contributed by atoms with Crippen LogP contribution in [0.4, 0.5) is 0 Å². The lowest BCUT2D eigenvalue weighted by Gasteiger charge is -2.10. The van der Waals surface area contributed by atoms with Gasteiger partial charge in [0.2, 0.25) is 10.0 Å². The minimum atomic E-state index is -3.82. The van der Waals surface area contributed by atoms with Crippen LogP contribution in [0.5, 0.6) is 5.75 Å². The number of carbonyl (C=O) groups is 1. The molecule has 0 aliphatic rings. The molecular weight excluding hydrogens is 298 g/mol. The van der Waals surface area contributed by atoms with E-state index in [9.17, 15) is 18.3 Å². The third kappa shape index (κ3) is 5.00. The Kier molecular flexibility index (Phi) is 6.13. The van der Waals surface area contributed by atoms with Crippen LogP contribution in [0.1, 0.15) is 30.1 Å². The molecule has 1 rings (SSSR count). The van der Waals surface area contributed by atoms with Crippen molar-refractivity contribution in [2.45, 2.75) is 24.7 Å². The Morgan fingerprint density at radius 2 is 2.05 bits per heavy atom. The smallest absolute Gasteiger partial charge is 0.339 e. The second-order valence-electron chi connectivity index (χ2n) is 4.81. The topological polar surface area (TPSA) is 124 Å². The predicted molar refractivity (Wildman–Crippen MR) is 75.7 cm³/mol. The Morgan fingerprint density at radius 1 is 1.38 bits per heavy atom. The second kappa shape index (κ2) is 7.39. The molecule has 118 valence electrons. The Morgan fingerprint density at radius 3 is 2.62 bits per heavy atom. The molecule has 0 aliphatic heterocycles. The van der Waals surface area contributed by atoms with Gasteiger partial charge in [-0.05, 0) is 37.0 Å². The molecule has 0 saturated heterocycles. The molecule has 0 aromatic heterocycles. The summed E-state index contributed by atoms with van der Waals surface area (Å²) in [5.41, 5.74) is -0.466. The van der Waals surface area contributed by atoms with Crippen molar-refractivity contribution >= 4 is 16.0 Å². The SMILES string of the molecule is CC(CO)CCCNS(=O)(=O)c1ccc(O)c(C(=O)O)c1. The van der Waals surface area contributed by atoms with Crippen molar-refractivity contribution in [3.8, 4) is 5.75 Å². The van der Waals surface area contributed by atoms with Gasteiger partial charge in [0.25, 0.3) is 0 Å². The molecule has 0 bridgehead atoms. The number of aromatic carboxylic acids is 1. The van der Waals surface area contributed by atoms with Gasteiger partial charge >= 0.3 is 5.97 Å². The van der Waals surface area contributed by atoms with Gasteiger partial charge in [0.05, 0.1) is 4.90 Å². The summed E-state index contributed by atoms with van der Waals surface area (Å²) in [5, 5.41) is 27.1. The summed E-state index contributed by atoms with van der Waals surface area (Å²) in [6.07, 6.45) is 1.24. The van der Waals surface area contributed by atoms with Crippen molar-refractivity contribution in [2.24, 2.45) is 5.92 Å². The predicted octanol–water partition coefficient (Wildman–Crippen LogP) is 0.777. The van der Waals surface area contributed by atoms with E-state index < -0.39 is 27.3 Å². The van der Waals surface area contributed by atoms with Crippen molar-refractivity contribution < 1.29 is 28.5 Å². The van der Waals surface area contributed by atoms with Gasteiger partial charge in [0.15, 0.2) is 0 Å². The molecule has 8 heteroatoms. The Labute approximate surface area is 123 Å². The van der Waals surface area contributed by atoms with E-state index in [4.69, 9.17) is 10.2 Å². The number of aliphatic hydroxyl groups excluding tert-OH is 1. The van der Waals surface area contributed by atoms with Crippen molar-refractivity contribution in [2.75, 3.05) is 13.2 Å². The van der Waals surface area contributed by atoms with E-state index in [1.54, 1.807) is 0 Å². The lowest BCUT2D eigenvalue weighted by Crippen LogP contribution is -2.25. The average molecular weight is 317 g/mol. The maximum Gasteiger partial charge on any atom is 0.339 e. The van der Waals surface area contributed by atoms with Crippen LogP contribution in [0.3, 0.4) is 0 Å². The monoisotopic (exact) mass is 317 g/mol. The zero-order valence-corrected chi connectivity index (χ0v) is 12.4. The summed E-state index contributed by atoms with van der Waals surface area (Å²) in [7, 11) is -3.82. The normalized spacial score (nSPS) is 13.0. The summed E-state index contributed by atoms with van der Waals surface area (Å²) in [6, 6.07) is 3.09. The van der Waals surface area contributed by atoms with E-state index in [-0.39, 0.29) is 24.0 Å². The fourth-order valence-corrected chi connectivity index (χ4v) is 2.79. The molecule has 0 saturated carbocycles. The molecule has 21 heavy (non-hydrogen) atoms. The molecule has 1 atom stereocenters. The van der Waals surface area contributed by atoms with E-state index >= 15 is 0 Å². The number of rotatable bonds is 8. The summed E-state index contributed by atoms with van der Waals surface area (Å²) >= 11 is 0. The fraction of sp³-hybridized carbons (Fsp3) is 0.462. The number of benzene rings is 1. The van der Waals surface area contributed by atoms with E-state index in [2.05, 4.69) is 4.72 Å². The summed E-state index contributed by atoms with van der Waals surface area (Å²) in [5.74, 6) is -1.79. The highest BCUT2D eigenvalue weighted by molar-refractivity contribution is 7.89. The van der Waals surface area contributed by atoms with Crippen LogP contribution in [0.15, 0.2) is 23.1 Å². The van der Waals surface area contributed by atoms with Crippen molar-refractivity contribution in [3.05, 3.63) is 23.8 Å². The molecule has 1 unspecified atom stereocenters. The van der Waals surface area contributed by atoms with Gasteiger partial charge in [-0.15, -0.1) is 0 Å². The van der Waals surface area contributed by atoms with Gasteiger partial charge in [-0.2, -0.15) is 0 Å².